The summed E-state index contributed by atoms with van der Waals surface area (Å²) < 4.78 is 67.3. The highest BCUT2D eigenvalue weighted by Gasteiger charge is 2.17. The zero-order chi connectivity index (χ0) is 25.2. The molecule has 0 aliphatic heterocycles. The summed E-state index contributed by atoms with van der Waals surface area (Å²) in [6.45, 7) is 5.51. The fourth-order valence-corrected chi connectivity index (χ4v) is 4.83. The van der Waals surface area contributed by atoms with Crippen LogP contribution < -0.4 is 10.6 Å². The third-order valence-electron chi connectivity index (χ3n) is 5.24. The SMILES string of the molecule is CCCCCNc1ccc(/C=C/c2ccc(NCCCCC)cc2S(=O)(=O)O)c(S(=O)(=O)O)c1. The molecule has 4 N–H and O–H groups in total. The summed E-state index contributed by atoms with van der Waals surface area (Å²) in [6.07, 6.45) is 8.85. The molecule has 0 fully saturated rings. The highest BCUT2D eigenvalue weighted by atomic mass is 32.2. The van der Waals surface area contributed by atoms with Crippen molar-refractivity contribution in [3.63, 3.8) is 0 Å². The molecule has 0 spiro atoms. The summed E-state index contributed by atoms with van der Waals surface area (Å²) in [7, 11) is -9.05. The van der Waals surface area contributed by atoms with Gasteiger partial charge in [-0.3, -0.25) is 9.11 Å². The Balaban J connectivity index is 2.33. The Morgan fingerprint density at radius 1 is 0.676 bits per heavy atom. The zero-order valence-corrected chi connectivity index (χ0v) is 21.3. The fourth-order valence-electron chi connectivity index (χ4n) is 3.41. The largest absolute Gasteiger partial charge is 0.385 e. The predicted molar refractivity (Wildman–Crippen MR) is 137 cm³/mol. The van der Waals surface area contributed by atoms with Crippen molar-refractivity contribution < 1.29 is 25.9 Å². The molecule has 0 radical (unpaired) electrons. The predicted octanol–water partition coefficient (Wildman–Crippen LogP) is 5.55. The molecule has 2 aromatic rings. The lowest BCUT2D eigenvalue weighted by molar-refractivity contribution is 0.480. The molecule has 0 amide bonds. The second kappa shape index (κ2) is 12.9. The molecule has 2 aromatic carbocycles. The summed E-state index contributed by atoms with van der Waals surface area (Å²) in [5.41, 5.74) is 1.48. The first-order valence-electron chi connectivity index (χ1n) is 11.4. The Hall–Kier alpha value is -2.40. The molecule has 0 saturated carbocycles. The molecular weight excluding hydrogens is 476 g/mol. The number of unbranched alkanes of at least 4 members (excludes halogenated alkanes) is 4. The van der Waals surface area contributed by atoms with E-state index in [1.165, 1.54) is 36.4 Å². The maximum absolute atomic E-state index is 12.0. The van der Waals surface area contributed by atoms with E-state index in [4.69, 9.17) is 0 Å². The smallest absolute Gasteiger partial charge is 0.295 e. The maximum atomic E-state index is 12.0. The molecule has 188 valence electrons. The van der Waals surface area contributed by atoms with Crippen LogP contribution in [0.5, 0.6) is 0 Å². The Kier molecular flexibility index (Phi) is 10.6. The Labute approximate surface area is 203 Å². The highest BCUT2D eigenvalue weighted by Crippen LogP contribution is 2.26. The van der Waals surface area contributed by atoms with Crippen LogP contribution in [0.3, 0.4) is 0 Å². The molecule has 0 bridgehead atoms. The summed E-state index contributed by atoms with van der Waals surface area (Å²) in [5, 5.41) is 6.27. The van der Waals surface area contributed by atoms with Crippen molar-refractivity contribution in [3.05, 3.63) is 47.5 Å². The number of benzene rings is 2. The van der Waals surface area contributed by atoms with E-state index in [2.05, 4.69) is 24.5 Å². The molecule has 0 aliphatic carbocycles. The Bertz CT molecular complexity index is 1100. The number of hydrogen-bond acceptors (Lipinski definition) is 6. The van der Waals surface area contributed by atoms with Gasteiger partial charge in [0.05, 0.1) is 0 Å². The lowest BCUT2D eigenvalue weighted by Gasteiger charge is -2.11. The van der Waals surface area contributed by atoms with Gasteiger partial charge in [0, 0.05) is 24.5 Å². The second-order valence-electron chi connectivity index (χ2n) is 8.06. The van der Waals surface area contributed by atoms with Crippen LogP contribution in [-0.2, 0) is 20.2 Å². The average Bonchev–Trinajstić information content (AvgIpc) is 2.77. The van der Waals surface area contributed by atoms with E-state index in [-0.39, 0.29) is 20.9 Å². The van der Waals surface area contributed by atoms with Gasteiger partial charge >= 0.3 is 0 Å². The molecule has 0 atom stereocenters. The number of hydrogen-bond donors (Lipinski definition) is 4. The topological polar surface area (TPSA) is 133 Å². The fraction of sp³-hybridized carbons (Fsp3) is 0.417. The van der Waals surface area contributed by atoms with E-state index < -0.39 is 20.2 Å². The van der Waals surface area contributed by atoms with Gasteiger partial charge in [0.15, 0.2) is 0 Å². The van der Waals surface area contributed by atoms with Gasteiger partial charge in [-0.25, -0.2) is 0 Å². The van der Waals surface area contributed by atoms with E-state index in [9.17, 15) is 25.9 Å². The lowest BCUT2D eigenvalue weighted by atomic mass is 10.1. The van der Waals surface area contributed by atoms with Gasteiger partial charge in [0.25, 0.3) is 20.2 Å². The van der Waals surface area contributed by atoms with Crippen molar-refractivity contribution in [2.45, 2.75) is 62.2 Å². The van der Waals surface area contributed by atoms with Gasteiger partial charge < -0.3 is 10.6 Å². The Morgan fingerprint density at radius 3 is 1.38 bits per heavy atom. The van der Waals surface area contributed by atoms with Gasteiger partial charge in [-0.05, 0) is 48.2 Å². The van der Waals surface area contributed by atoms with Gasteiger partial charge in [0.1, 0.15) is 9.79 Å². The summed E-state index contributed by atoms with van der Waals surface area (Å²) in [4.78, 5) is -0.598. The molecule has 0 saturated heterocycles. The van der Waals surface area contributed by atoms with Crippen molar-refractivity contribution in [2.75, 3.05) is 23.7 Å². The zero-order valence-electron chi connectivity index (χ0n) is 19.6. The minimum Gasteiger partial charge on any atom is -0.385 e. The van der Waals surface area contributed by atoms with Crippen molar-refractivity contribution >= 4 is 43.8 Å². The van der Waals surface area contributed by atoms with E-state index in [1.807, 2.05) is 0 Å². The third-order valence-corrected chi connectivity index (χ3v) is 7.06. The van der Waals surface area contributed by atoms with E-state index in [0.717, 1.165) is 38.5 Å². The molecule has 10 heteroatoms. The normalized spacial score (nSPS) is 12.2. The quantitative estimate of drug-likeness (QED) is 0.148. The van der Waals surface area contributed by atoms with Crippen LogP contribution in [0.25, 0.3) is 12.2 Å². The van der Waals surface area contributed by atoms with Gasteiger partial charge in [-0.1, -0.05) is 63.8 Å². The van der Waals surface area contributed by atoms with Crippen LogP contribution in [0, 0.1) is 0 Å². The molecular formula is C24H34N2O6S2. The molecule has 2 rings (SSSR count). The maximum Gasteiger partial charge on any atom is 0.295 e. The van der Waals surface area contributed by atoms with E-state index in [1.54, 1.807) is 12.1 Å². The van der Waals surface area contributed by atoms with Crippen molar-refractivity contribution in [2.24, 2.45) is 0 Å². The molecule has 0 aromatic heterocycles. The van der Waals surface area contributed by atoms with Crippen LogP contribution in [0.15, 0.2) is 46.2 Å². The number of rotatable bonds is 14. The van der Waals surface area contributed by atoms with Crippen LogP contribution in [-0.4, -0.2) is 39.0 Å². The lowest BCUT2D eigenvalue weighted by Crippen LogP contribution is -2.06. The van der Waals surface area contributed by atoms with Gasteiger partial charge in [-0.2, -0.15) is 16.8 Å². The van der Waals surface area contributed by atoms with Crippen molar-refractivity contribution in [1.29, 1.82) is 0 Å². The van der Waals surface area contributed by atoms with Crippen molar-refractivity contribution in [3.8, 4) is 0 Å². The van der Waals surface area contributed by atoms with Crippen molar-refractivity contribution in [1.82, 2.24) is 0 Å². The number of nitrogens with one attached hydrogen (secondary N) is 2. The molecule has 0 unspecified atom stereocenters. The molecule has 34 heavy (non-hydrogen) atoms. The molecule has 8 nitrogen and oxygen atoms in total. The van der Waals surface area contributed by atoms with Gasteiger partial charge in [-0.15, -0.1) is 0 Å². The van der Waals surface area contributed by atoms with Crippen LogP contribution >= 0.6 is 0 Å². The second-order valence-corrected chi connectivity index (χ2v) is 10.8. The highest BCUT2D eigenvalue weighted by molar-refractivity contribution is 7.86. The summed E-state index contributed by atoms with van der Waals surface area (Å²) in [5.74, 6) is 0. The first-order valence-corrected chi connectivity index (χ1v) is 14.3. The van der Waals surface area contributed by atoms with E-state index >= 15 is 0 Å². The van der Waals surface area contributed by atoms with Crippen LogP contribution in [0.2, 0.25) is 0 Å². The minimum atomic E-state index is -4.52. The molecule has 0 heterocycles. The first kappa shape index (κ1) is 27.8. The average molecular weight is 511 g/mol. The third kappa shape index (κ3) is 8.75. The monoisotopic (exact) mass is 510 g/mol. The summed E-state index contributed by atoms with van der Waals surface area (Å²) in [6, 6.07) is 9.11. The summed E-state index contributed by atoms with van der Waals surface area (Å²) >= 11 is 0. The first-order chi connectivity index (χ1) is 16.1. The van der Waals surface area contributed by atoms with Crippen LogP contribution in [0.4, 0.5) is 11.4 Å². The van der Waals surface area contributed by atoms with Crippen LogP contribution in [0.1, 0.15) is 63.5 Å². The van der Waals surface area contributed by atoms with E-state index in [0.29, 0.717) is 24.5 Å². The minimum absolute atomic E-state index is 0.185. The molecule has 0 aliphatic rings. The number of anilines is 2. The van der Waals surface area contributed by atoms with Gasteiger partial charge in [0.2, 0.25) is 0 Å². The Morgan fingerprint density at radius 2 is 1.06 bits per heavy atom. The standard InChI is InChI=1S/C24H34N2O6S2/c1-3-5-7-15-25-21-13-11-19(23(17-21)33(27,28)29)9-10-20-12-14-22(26-16-8-6-4-2)18-24(20)34(30,31)32/h9-14,17-18,25-26H,3-8,15-16H2,1-2H3,(H,27,28,29)(H,30,31,32)/b10-9+.